The third-order valence-electron chi connectivity index (χ3n) is 2.36. The molecule has 0 aliphatic rings. The third-order valence-corrected chi connectivity index (χ3v) is 3.29. The number of nitrogens with two attached hydrogens (primary N) is 1. The zero-order valence-electron chi connectivity index (χ0n) is 9.45. The Morgan fingerprint density at radius 2 is 2.28 bits per heavy atom. The number of amides is 1. The summed E-state index contributed by atoms with van der Waals surface area (Å²) in [5.41, 5.74) is 6.89. The van der Waals surface area contributed by atoms with Gasteiger partial charge < -0.3 is 11.1 Å². The molecule has 2 aromatic rings. The zero-order chi connectivity index (χ0) is 13.3. The highest BCUT2D eigenvalue weighted by Crippen LogP contribution is 2.26. The second kappa shape index (κ2) is 4.99. The first-order valence-electron chi connectivity index (χ1n) is 5.03. The number of hydrogen-bond donors (Lipinski definition) is 2. The number of halogens is 2. The van der Waals surface area contributed by atoms with E-state index in [2.05, 4.69) is 26.3 Å². The van der Waals surface area contributed by atoms with Gasteiger partial charge in [-0.3, -0.25) is 9.48 Å². The first-order chi connectivity index (χ1) is 8.49. The van der Waals surface area contributed by atoms with Crippen LogP contribution in [0, 0.1) is 0 Å². The lowest BCUT2D eigenvalue weighted by Crippen LogP contribution is -2.17. The van der Waals surface area contributed by atoms with E-state index in [-0.39, 0.29) is 5.91 Å². The van der Waals surface area contributed by atoms with Crippen LogP contribution < -0.4 is 11.1 Å². The maximum Gasteiger partial charge on any atom is 0.276 e. The molecule has 0 saturated carbocycles. The molecular weight excluding hydrogens is 320 g/mol. The van der Waals surface area contributed by atoms with E-state index in [1.807, 2.05) is 0 Å². The monoisotopic (exact) mass is 328 g/mol. The number of nitrogen functional groups attached to an aromatic ring is 1. The maximum absolute atomic E-state index is 12.1. The molecule has 2 rings (SSSR count). The van der Waals surface area contributed by atoms with Crippen LogP contribution in [0.3, 0.4) is 0 Å². The van der Waals surface area contributed by atoms with Crippen LogP contribution in [0.5, 0.6) is 0 Å². The highest BCUT2D eigenvalue weighted by molar-refractivity contribution is 9.10. The van der Waals surface area contributed by atoms with Crippen LogP contribution in [-0.2, 0) is 7.05 Å². The number of carbonyl (C=O) groups is 1. The van der Waals surface area contributed by atoms with E-state index < -0.39 is 0 Å². The minimum atomic E-state index is -0.338. The lowest BCUT2D eigenvalue weighted by atomic mass is 10.3. The number of nitrogens with zero attached hydrogens (tertiary/aromatic N) is 2. The number of benzene rings is 1. The standard InChI is InChI=1S/C11H10BrClN4O/c1-17-10(8(14)5-15-17)11(18)16-9-4-6(13)2-3-7(9)12/h2-5H,14H2,1H3,(H,16,18). The number of hydrogen-bond acceptors (Lipinski definition) is 3. The van der Waals surface area contributed by atoms with Gasteiger partial charge in [0.2, 0.25) is 0 Å². The highest BCUT2D eigenvalue weighted by atomic mass is 79.9. The Kier molecular flexibility index (Phi) is 3.58. The Morgan fingerprint density at radius 3 is 2.89 bits per heavy atom. The van der Waals surface area contributed by atoms with Crippen molar-refractivity contribution in [2.75, 3.05) is 11.1 Å². The number of rotatable bonds is 2. The number of aryl methyl sites for hydroxylation is 1. The van der Waals surface area contributed by atoms with Gasteiger partial charge in [0.15, 0.2) is 0 Å². The Bertz CT molecular complexity index is 592. The van der Waals surface area contributed by atoms with E-state index in [0.29, 0.717) is 22.1 Å². The summed E-state index contributed by atoms with van der Waals surface area (Å²) in [4.78, 5) is 12.1. The molecule has 0 aliphatic carbocycles. The average molecular weight is 330 g/mol. The first kappa shape index (κ1) is 12.9. The molecule has 0 atom stereocenters. The van der Waals surface area contributed by atoms with Gasteiger partial charge in [0.25, 0.3) is 5.91 Å². The summed E-state index contributed by atoms with van der Waals surface area (Å²) < 4.78 is 2.16. The van der Waals surface area contributed by atoms with E-state index in [0.717, 1.165) is 4.47 Å². The molecule has 1 aromatic heterocycles. The number of carbonyl (C=O) groups excluding carboxylic acids is 1. The summed E-state index contributed by atoms with van der Waals surface area (Å²) in [5.74, 6) is -0.338. The maximum atomic E-state index is 12.1. The first-order valence-corrected chi connectivity index (χ1v) is 6.20. The Balaban J connectivity index is 2.30. The Labute approximate surface area is 117 Å². The third kappa shape index (κ3) is 2.49. The van der Waals surface area contributed by atoms with Gasteiger partial charge in [0, 0.05) is 16.5 Å². The average Bonchev–Trinajstić information content (AvgIpc) is 2.63. The molecule has 0 spiro atoms. The fourth-order valence-electron chi connectivity index (χ4n) is 1.51. The van der Waals surface area contributed by atoms with E-state index in [1.165, 1.54) is 10.9 Å². The van der Waals surface area contributed by atoms with Gasteiger partial charge in [-0.25, -0.2) is 0 Å². The van der Waals surface area contributed by atoms with Crippen LogP contribution in [0.25, 0.3) is 0 Å². The minimum absolute atomic E-state index is 0.307. The minimum Gasteiger partial charge on any atom is -0.396 e. The van der Waals surface area contributed by atoms with Crippen LogP contribution in [0.2, 0.25) is 5.02 Å². The van der Waals surface area contributed by atoms with Crippen LogP contribution in [0.4, 0.5) is 11.4 Å². The summed E-state index contributed by atoms with van der Waals surface area (Å²) >= 11 is 9.21. The van der Waals surface area contributed by atoms with Gasteiger partial charge in [0.1, 0.15) is 5.69 Å². The molecule has 0 bridgehead atoms. The van der Waals surface area contributed by atoms with Crippen molar-refractivity contribution >= 4 is 44.8 Å². The largest absolute Gasteiger partial charge is 0.396 e. The molecule has 5 nitrogen and oxygen atoms in total. The quantitative estimate of drug-likeness (QED) is 0.889. The molecular formula is C11H10BrClN4O. The van der Waals surface area contributed by atoms with Crippen molar-refractivity contribution in [3.8, 4) is 0 Å². The van der Waals surface area contributed by atoms with Gasteiger partial charge in [0.05, 0.1) is 17.6 Å². The SMILES string of the molecule is Cn1ncc(N)c1C(=O)Nc1cc(Cl)ccc1Br. The zero-order valence-corrected chi connectivity index (χ0v) is 11.8. The number of aromatic nitrogens is 2. The molecule has 0 fully saturated rings. The van der Waals surface area contributed by atoms with Crippen LogP contribution in [-0.4, -0.2) is 15.7 Å². The molecule has 1 heterocycles. The van der Waals surface area contributed by atoms with Crippen molar-refractivity contribution in [1.82, 2.24) is 9.78 Å². The fraction of sp³-hybridized carbons (Fsp3) is 0.0909. The van der Waals surface area contributed by atoms with Crippen molar-refractivity contribution < 1.29 is 4.79 Å². The summed E-state index contributed by atoms with van der Waals surface area (Å²) in [7, 11) is 1.65. The van der Waals surface area contributed by atoms with Gasteiger partial charge in [-0.15, -0.1) is 0 Å². The molecule has 0 saturated heterocycles. The van der Waals surface area contributed by atoms with Crippen LogP contribution in [0.15, 0.2) is 28.9 Å². The van der Waals surface area contributed by atoms with Crippen molar-refractivity contribution in [3.63, 3.8) is 0 Å². The summed E-state index contributed by atoms with van der Waals surface area (Å²) in [5, 5.41) is 7.17. The molecule has 7 heteroatoms. The Hall–Kier alpha value is -1.53. The molecule has 3 N–H and O–H groups in total. The summed E-state index contributed by atoms with van der Waals surface area (Å²) in [6.45, 7) is 0. The molecule has 0 aliphatic heterocycles. The van der Waals surface area contributed by atoms with E-state index >= 15 is 0 Å². The predicted octanol–water partition coefficient (Wildman–Crippen LogP) is 2.67. The van der Waals surface area contributed by atoms with Crippen molar-refractivity contribution in [1.29, 1.82) is 0 Å². The topological polar surface area (TPSA) is 72.9 Å². The molecule has 0 unspecified atom stereocenters. The molecule has 0 radical (unpaired) electrons. The number of anilines is 2. The Morgan fingerprint density at radius 1 is 1.56 bits per heavy atom. The van der Waals surface area contributed by atoms with Crippen molar-refractivity contribution in [3.05, 3.63) is 39.6 Å². The van der Waals surface area contributed by atoms with Crippen molar-refractivity contribution in [2.45, 2.75) is 0 Å². The van der Waals surface area contributed by atoms with Gasteiger partial charge in [-0.05, 0) is 34.1 Å². The fourth-order valence-corrected chi connectivity index (χ4v) is 2.03. The smallest absolute Gasteiger partial charge is 0.276 e. The van der Waals surface area contributed by atoms with E-state index in [9.17, 15) is 4.79 Å². The molecule has 94 valence electrons. The van der Waals surface area contributed by atoms with Gasteiger partial charge in [-0.2, -0.15) is 5.10 Å². The lowest BCUT2D eigenvalue weighted by Gasteiger charge is -2.08. The van der Waals surface area contributed by atoms with Gasteiger partial charge in [-0.1, -0.05) is 11.6 Å². The van der Waals surface area contributed by atoms with E-state index in [4.69, 9.17) is 17.3 Å². The molecule has 1 amide bonds. The highest BCUT2D eigenvalue weighted by Gasteiger charge is 2.16. The van der Waals surface area contributed by atoms with E-state index in [1.54, 1.807) is 25.2 Å². The van der Waals surface area contributed by atoms with Crippen molar-refractivity contribution in [2.24, 2.45) is 7.05 Å². The predicted molar refractivity (Wildman–Crippen MR) is 74.7 cm³/mol. The second-order valence-corrected chi connectivity index (χ2v) is 4.94. The second-order valence-electron chi connectivity index (χ2n) is 3.65. The van der Waals surface area contributed by atoms with Crippen LogP contribution in [0.1, 0.15) is 10.5 Å². The van der Waals surface area contributed by atoms with Crippen LogP contribution >= 0.6 is 27.5 Å². The normalized spacial score (nSPS) is 10.4. The number of nitrogens with one attached hydrogen (secondary N) is 1. The molecule has 1 aromatic carbocycles. The summed E-state index contributed by atoms with van der Waals surface area (Å²) in [6, 6.07) is 5.13. The van der Waals surface area contributed by atoms with Gasteiger partial charge >= 0.3 is 0 Å². The lowest BCUT2D eigenvalue weighted by molar-refractivity contribution is 0.101. The summed E-state index contributed by atoms with van der Waals surface area (Å²) in [6.07, 6.45) is 1.43. The molecule has 18 heavy (non-hydrogen) atoms.